The van der Waals surface area contributed by atoms with Crippen LogP contribution in [-0.4, -0.2) is 45.4 Å². The van der Waals surface area contributed by atoms with Crippen LogP contribution >= 0.6 is 12.2 Å². The molecule has 36 heavy (non-hydrogen) atoms. The lowest BCUT2D eigenvalue weighted by Gasteiger charge is -2.28. The maximum absolute atomic E-state index is 13.2. The first-order valence-corrected chi connectivity index (χ1v) is 14.2. The van der Waals surface area contributed by atoms with E-state index >= 15 is 0 Å². The fourth-order valence-electron chi connectivity index (χ4n) is 3.18. The van der Waals surface area contributed by atoms with Gasteiger partial charge in [-0.25, -0.2) is 22.0 Å². The van der Waals surface area contributed by atoms with Crippen molar-refractivity contribution in [2.45, 2.75) is 35.7 Å². The Bertz CT molecular complexity index is 1350. The van der Waals surface area contributed by atoms with Crippen molar-refractivity contribution in [3.05, 3.63) is 90.5 Å². The van der Waals surface area contributed by atoms with E-state index in [9.17, 15) is 21.6 Å². The molecule has 0 radical (unpaired) electrons. The molecule has 0 aliphatic heterocycles. The first-order chi connectivity index (χ1) is 17.0. The second-order valence-corrected chi connectivity index (χ2v) is 11.4. The minimum atomic E-state index is -3.80. The molecule has 0 heterocycles. The number of ether oxygens (including phenoxy) is 1. The van der Waals surface area contributed by atoms with Crippen LogP contribution in [0.4, 0.5) is 0 Å². The monoisotopic (exact) mass is 548 g/mol. The smallest absolute Gasteiger partial charge is 0.243 e. The van der Waals surface area contributed by atoms with Crippen LogP contribution in [0.2, 0.25) is 0 Å². The van der Waals surface area contributed by atoms with Gasteiger partial charge in [0.1, 0.15) is 5.75 Å². The molecular weight excluding hydrogens is 520 g/mol. The number of benzene rings is 3. The van der Waals surface area contributed by atoms with Gasteiger partial charge in [0, 0.05) is 24.4 Å². The number of Topliss-reactive ketones (excluding diaryl/α,β-unsaturated/α-hetero) is 1. The van der Waals surface area contributed by atoms with E-state index in [1.165, 1.54) is 35.7 Å². The highest BCUT2D eigenvalue weighted by Crippen LogP contribution is 2.24. The van der Waals surface area contributed by atoms with E-state index < -0.39 is 26.1 Å². The predicted octanol–water partition coefficient (Wildman–Crippen LogP) is 3.57. The number of carbonyl (C=O) groups excluding carboxylic acids is 1. The summed E-state index contributed by atoms with van der Waals surface area (Å²) in [7, 11) is -5.78. The summed E-state index contributed by atoms with van der Waals surface area (Å²) in [4.78, 5) is 12.0. The highest BCUT2D eigenvalue weighted by Gasteiger charge is 2.30. The summed E-state index contributed by atoms with van der Waals surface area (Å²) < 4.78 is 54.0. The summed E-state index contributed by atoms with van der Waals surface area (Å²) in [5.74, 6) is 0.304. The van der Waals surface area contributed by atoms with Gasteiger partial charge in [0.15, 0.2) is 5.78 Å². The molecule has 0 bridgehead atoms. The van der Waals surface area contributed by atoms with Gasteiger partial charge < -0.3 is 4.74 Å². The molecule has 3 aromatic rings. The van der Waals surface area contributed by atoms with Gasteiger partial charge in [-0.2, -0.15) is 4.31 Å². The number of ketones is 1. The Morgan fingerprint density at radius 3 is 1.89 bits per heavy atom. The average Bonchev–Trinajstić information content (AvgIpc) is 2.88. The van der Waals surface area contributed by atoms with E-state index in [-0.39, 0.29) is 28.5 Å². The molecule has 3 aromatic carbocycles. The van der Waals surface area contributed by atoms with Crippen LogP contribution in [0.1, 0.15) is 18.9 Å². The largest absolute Gasteiger partial charge is 0.497 e. The molecule has 0 spiro atoms. The van der Waals surface area contributed by atoms with Gasteiger partial charge in [0.25, 0.3) is 0 Å². The summed E-state index contributed by atoms with van der Waals surface area (Å²) >= 11 is 4.67. The minimum absolute atomic E-state index is 0.0335. The summed E-state index contributed by atoms with van der Waals surface area (Å²) in [6, 6.07) is 22.8. The van der Waals surface area contributed by atoms with E-state index in [2.05, 4.69) is 12.2 Å². The van der Waals surface area contributed by atoms with Crippen LogP contribution in [0.15, 0.2) is 94.7 Å². The van der Waals surface area contributed by atoms with Crippen molar-refractivity contribution >= 4 is 43.4 Å². The number of rotatable bonds is 10. The van der Waals surface area contributed by atoms with Crippen LogP contribution in [-0.2, 0) is 31.4 Å². The molecular formula is C25H28N2O6S3. The van der Waals surface area contributed by atoms with Gasteiger partial charge in [0.2, 0.25) is 20.0 Å². The zero-order chi connectivity index (χ0) is 26.8. The zero-order valence-electron chi connectivity index (χ0n) is 19.9. The van der Waals surface area contributed by atoms with Gasteiger partial charge in [0.05, 0.1) is 16.9 Å². The molecule has 192 valence electrons. The van der Waals surface area contributed by atoms with E-state index in [4.69, 9.17) is 9.88 Å². The quantitative estimate of drug-likeness (QED) is 0.384. The topological polar surface area (TPSA) is 124 Å². The molecule has 0 saturated carbocycles. The Balaban J connectivity index is 0.000000380. The summed E-state index contributed by atoms with van der Waals surface area (Å²) in [5.41, 5.74) is 0.839. The maximum atomic E-state index is 13.2. The average molecular weight is 549 g/mol. The third-order valence-corrected chi connectivity index (χ3v) is 8.21. The minimum Gasteiger partial charge on any atom is -0.497 e. The standard InChI is InChI=1S/C19H21NO4S2.C6H7NO2S/c1-15(12-17(21)14-25)20(13-16-6-4-3-5-7-16)26(22,23)19-10-8-18(24-2)9-11-19;7-10(8,9)6-4-2-1-3-5-6/h3-11,14-15H,12-13H2,1-2H3;1-5H,(H2,7,8,9). The number of thiocarbonyl (C=S) groups is 1. The van der Waals surface area contributed by atoms with Crippen molar-refractivity contribution in [1.29, 1.82) is 0 Å². The number of methoxy groups -OCH3 is 1. The van der Waals surface area contributed by atoms with E-state index in [0.717, 1.165) is 10.9 Å². The number of hydrogen-bond acceptors (Lipinski definition) is 7. The molecule has 1 atom stereocenters. The molecule has 11 heteroatoms. The molecule has 0 saturated heterocycles. The van der Waals surface area contributed by atoms with Crippen LogP contribution in [0.3, 0.4) is 0 Å². The van der Waals surface area contributed by atoms with Crippen LogP contribution in [0, 0.1) is 0 Å². The Morgan fingerprint density at radius 1 is 0.917 bits per heavy atom. The number of primary sulfonamides is 1. The van der Waals surface area contributed by atoms with Crippen molar-refractivity contribution in [1.82, 2.24) is 4.31 Å². The second kappa shape index (κ2) is 13.4. The normalized spacial score (nSPS) is 12.2. The van der Waals surface area contributed by atoms with E-state index in [0.29, 0.717) is 5.75 Å². The Morgan fingerprint density at radius 2 is 1.44 bits per heavy atom. The molecule has 0 fully saturated rings. The maximum Gasteiger partial charge on any atom is 0.243 e. The summed E-state index contributed by atoms with van der Waals surface area (Å²) in [6.45, 7) is 1.88. The van der Waals surface area contributed by atoms with Crippen molar-refractivity contribution < 1.29 is 26.4 Å². The predicted molar refractivity (Wildman–Crippen MR) is 143 cm³/mol. The molecule has 1 unspecified atom stereocenters. The zero-order valence-corrected chi connectivity index (χ0v) is 22.3. The molecule has 2 N–H and O–H groups in total. The van der Waals surface area contributed by atoms with E-state index in [1.807, 2.05) is 30.3 Å². The van der Waals surface area contributed by atoms with Crippen LogP contribution in [0.5, 0.6) is 5.75 Å². The molecule has 3 rings (SSSR count). The van der Waals surface area contributed by atoms with Gasteiger partial charge in [-0.05, 0) is 48.9 Å². The fourth-order valence-corrected chi connectivity index (χ4v) is 5.43. The number of nitrogens with zero attached hydrogens (tertiary/aromatic N) is 1. The van der Waals surface area contributed by atoms with Crippen molar-refractivity contribution in [2.24, 2.45) is 5.14 Å². The molecule has 0 aliphatic carbocycles. The third-order valence-electron chi connectivity index (χ3n) is 5.04. The van der Waals surface area contributed by atoms with Gasteiger partial charge >= 0.3 is 0 Å². The van der Waals surface area contributed by atoms with Gasteiger partial charge in [-0.3, -0.25) is 4.79 Å². The number of hydrogen-bond donors (Lipinski definition) is 1. The first-order valence-electron chi connectivity index (χ1n) is 10.7. The van der Waals surface area contributed by atoms with Gasteiger partial charge in [-0.15, -0.1) is 0 Å². The molecule has 0 aromatic heterocycles. The lowest BCUT2D eigenvalue weighted by Crippen LogP contribution is -2.39. The second-order valence-electron chi connectivity index (χ2n) is 7.71. The van der Waals surface area contributed by atoms with Crippen LogP contribution < -0.4 is 9.88 Å². The number of carbonyl (C=O) groups is 1. The molecule has 8 nitrogen and oxygen atoms in total. The molecule has 0 aliphatic rings. The fraction of sp³-hybridized carbons (Fsp3) is 0.200. The lowest BCUT2D eigenvalue weighted by molar-refractivity contribution is -0.113. The Labute approximate surface area is 217 Å². The van der Waals surface area contributed by atoms with Crippen LogP contribution in [0.25, 0.3) is 0 Å². The SMILES string of the molecule is COc1ccc(S(=O)(=O)N(Cc2ccccc2)C(C)CC(=O)C=S)cc1.NS(=O)(=O)c1ccccc1. The summed E-state index contributed by atoms with van der Waals surface area (Å²) in [5, 5.41) is 5.88. The van der Waals surface area contributed by atoms with Crippen molar-refractivity contribution in [2.75, 3.05) is 7.11 Å². The Hall–Kier alpha value is -2.96. The van der Waals surface area contributed by atoms with Gasteiger partial charge in [-0.1, -0.05) is 60.7 Å². The Kier molecular flexibility index (Phi) is 10.9. The van der Waals surface area contributed by atoms with E-state index in [1.54, 1.807) is 37.3 Å². The molecule has 0 amide bonds. The lowest BCUT2D eigenvalue weighted by atomic mass is 10.1. The summed E-state index contributed by atoms with van der Waals surface area (Å²) in [6.07, 6.45) is 0.0335. The van der Waals surface area contributed by atoms with Crippen molar-refractivity contribution in [3.8, 4) is 5.75 Å². The van der Waals surface area contributed by atoms with Crippen molar-refractivity contribution in [3.63, 3.8) is 0 Å². The third kappa shape index (κ3) is 8.61. The number of nitrogens with two attached hydrogens (primary N) is 1. The first kappa shape index (κ1) is 29.3. The highest BCUT2D eigenvalue weighted by atomic mass is 32.2. The highest BCUT2D eigenvalue weighted by molar-refractivity contribution is 7.89. The number of sulfonamides is 2.